The number of nitrogens with zero attached hydrogens (tertiary/aromatic N) is 2. The first kappa shape index (κ1) is 24.0. The van der Waals surface area contributed by atoms with Gasteiger partial charge in [0.15, 0.2) is 0 Å². The number of nitrogens with one attached hydrogen (secondary N) is 1. The van der Waals surface area contributed by atoms with Gasteiger partial charge in [0.25, 0.3) is 0 Å². The molecule has 0 saturated carbocycles. The Labute approximate surface area is 193 Å². The summed E-state index contributed by atoms with van der Waals surface area (Å²) < 4.78 is 28.7. The van der Waals surface area contributed by atoms with E-state index in [-0.39, 0.29) is 16.5 Å². The topological polar surface area (TPSA) is 138 Å². The molecule has 0 saturated heterocycles. The monoisotopic (exact) mass is 511 g/mol. The first-order chi connectivity index (χ1) is 15.7. The number of carboxylic acids is 1. The van der Waals surface area contributed by atoms with E-state index in [9.17, 15) is 22.5 Å². The molecule has 170 valence electrons. The molecule has 10 heteroatoms. The summed E-state index contributed by atoms with van der Waals surface area (Å²) >= 11 is -4.88. The summed E-state index contributed by atoms with van der Waals surface area (Å²) in [4.78, 5) is 22.4. The first-order valence-electron chi connectivity index (χ1n) is 9.91. The average Bonchev–Trinajstić information content (AvgIpc) is 2.79. The fraction of sp³-hybridized carbons (Fsp3) is 0.130. The molecule has 1 unspecified atom stereocenters. The third-order valence-electron chi connectivity index (χ3n) is 4.48. The van der Waals surface area contributed by atoms with Crippen LogP contribution in [0.2, 0.25) is 0 Å². The van der Waals surface area contributed by atoms with Crippen LogP contribution in [0, 0.1) is 0 Å². The number of carbonyl (C=O) groups is 2. The van der Waals surface area contributed by atoms with Crippen molar-refractivity contribution in [2.45, 2.75) is 19.4 Å². The van der Waals surface area contributed by atoms with Crippen molar-refractivity contribution in [3.05, 3.63) is 84.4 Å². The molecule has 0 aromatic heterocycles. The Kier molecular flexibility index (Phi) is 7.82. The van der Waals surface area contributed by atoms with Gasteiger partial charge in [0, 0.05) is 0 Å². The van der Waals surface area contributed by atoms with Crippen molar-refractivity contribution < 1.29 is 26.3 Å². The summed E-state index contributed by atoms with van der Waals surface area (Å²) in [5.74, 6) is -1.43. The number of carboxylic acid groups (broad SMARTS) is 1. The summed E-state index contributed by atoms with van der Waals surface area (Å²) in [7, 11) is 0. The van der Waals surface area contributed by atoms with Crippen molar-refractivity contribution in [1.82, 2.24) is 5.32 Å². The molecular formula is C23H22AsN3O6. The number of benzene rings is 3. The van der Waals surface area contributed by atoms with Gasteiger partial charge in [0.2, 0.25) is 0 Å². The maximum atomic E-state index is 12.8. The number of rotatable bonds is 9. The van der Waals surface area contributed by atoms with Gasteiger partial charge >= 0.3 is 193 Å². The normalized spacial score (nSPS) is 13.8. The average molecular weight is 511 g/mol. The molecule has 0 aliphatic heterocycles. The number of aliphatic carboxylic acids is 1. The number of hydrogen-bond acceptors (Lipinski definition) is 6. The molecule has 0 bridgehead atoms. The second kappa shape index (κ2) is 10.8. The Morgan fingerprint density at radius 2 is 1.52 bits per heavy atom. The van der Waals surface area contributed by atoms with Gasteiger partial charge in [0.05, 0.1) is 0 Å². The minimum atomic E-state index is -4.88. The fourth-order valence-corrected chi connectivity index (χ4v) is 5.06. The van der Waals surface area contributed by atoms with Crippen LogP contribution in [0.3, 0.4) is 0 Å². The quantitative estimate of drug-likeness (QED) is 0.299. The van der Waals surface area contributed by atoms with Crippen molar-refractivity contribution in [3.63, 3.8) is 0 Å². The van der Waals surface area contributed by atoms with Crippen molar-refractivity contribution >= 4 is 41.8 Å². The summed E-state index contributed by atoms with van der Waals surface area (Å²) in [6.45, 7) is 1.24. The van der Waals surface area contributed by atoms with E-state index in [0.717, 1.165) is 0 Å². The Morgan fingerprint density at radius 3 is 2.06 bits per heavy atom. The third-order valence-corrected chi connectivity index (χ3v) is 7.44. The molecule has 0 radical (unpaired) electrons. The molecule has 1 amide bonds. The molecular weight excluding hydrogens is 489 g/mol. The Morgan fingerprint density at radius 1 is 0.939 bits per heavy atom. The third kappa shape index (κ3) is 7.17. The zero-order chi connectivity index (χ0) is 23.8. The van der Waals surface area contributed by atoms with Gasteiger partial charge in [0.1, 0.15) is 0 Å². The number of carbonyl (C=O) groups excluding carboxylic acids is 1. The van der Waals surface area contributed by atoms with Gasteiger partial charge in [-0.3, -0.25) is 0 Å². The van der Waals surface area contributed by atoms with Gasteiger partial charge in [-0.2, -0.15) is 0 Å². The fourth-order valence-electron chi connectivity index (χ4n) is 2.88. The van der Waals surface area contributed by atoms with Gasteiger partial charge in [-0.25, -0.2) is 0 Å². The molecule has 2 atom stereocenters. The van der Waals surface area contributed by atoms with E-state index in [1.54, 1.807) is 24.3 Å². The summed E-state index contributed by atoms with van der Waals surface area (Å²) in [6, 6.07) is 20.3. The van der Waals surface area contributed by atoms with Crippen LogP contribution in [0.4, 0.5) is 11.4 Å². The van der Waals surface area contributed by atoms with Crippen LogP contribution in [0.5, 0.6) is 5.75 Å². The Balaban J connectivity index is 1.65. The van der Waals surface area contributed by atoms with Crippen molar-refractivity contribution in [2.24, 2.45) is 10.2 Å². The van der Waals surface area contributed by atoms with Crippen molar-refractivity contribution in [3.8, 4) is 5.75 Å². The van der Waals surface area contributed by atoms with Crippen LogP contribution in [0.1, 0.15) is 12.5 Å². The van der Waals surface area contributed by atoms with E-state index >= 15 is 0 Å². The van der Waals surface area contributed by atoms with Crippen LogP contribution in [-0.4, -0.2) is 41.3 Å². The molecule has 3 N–H and O–H groups in total. The van der Waals surface area contributed by atoms with E-state index in [4.69, 9.17) is 3.73 Å². The van der Waals surface area contributed by atoms with Crippen molar-refractivity contribution in [2.75, 3.05) is 0 Å². The van der Waals surface area contributed by atoms with E-state index in [1.807, 2.05) is 30.3 Å². The van der Waals surface area contributed by atoms with E-state index in [0.29, 0.717) is 16.9 Å². The molecule has 0 heterocycles. The maximum absolute atomic E-state index is 12.8. The van der Waals surface area contributed by atoms with E-state index in [1.165, 1.54) is 31.2 Å². The molecule has 3 aromatic carbocycles. The van der Waals surface area contributed by atoms with Crippen LogP contribution in [-0.2, 0) is 19.7 Å². The zero-order valence-corrected chi connectivity index (χ0v) is 19.5. The second-order valence-corrected chi connectivity index (χ2v) is 10.8. The van der Waals surface area contributed by atoms with Gasteiger partial charge in [-0.1, -0.05) is 0 Å². The predicted octanol–water partition coefficient (Wildman–Crippen LogP) is 2.88. The zero-order valence-electron chi connectivity index (χ0n) is 17.7. The van der Waals surface area contributed by atoms with Crippen LogP contribution >= 0.6 is 0 Å². The SMILES string of the molecule is CC(=O)N[C@@H](Cc1ccc(O[As](=O)(O)c2ccc(/N=N/c3ccccc3)cc2)cc1)C(=O)O. The van der Waals surface area contributed by atoms with E-state index in [2.05, 4.69) is 15.5 Å². The van der Waals surface area contributed by atoms with Crippen LogP contribution in [0.25, 0.3) is 0 Å². The Bertz CT molecular complexity index is 1180. The van der Waals surface area contributed by atoms with Gasteiger partial charge in [-0.15, -0.1) is 0 Å². The number of amides is 1. The summed E-state index contributed by atoms with van der Waals surface area (Å²) in [6.07, 6.45) is 0.0655. The predicted molar refractivity (Wildman–Crippen MR) is 121 cm³/mol. The standard InChI is InChI=1S/C23H22AsN3O6/c1-16(28)25-22(23(29)30)15-17-7-13-21(14-8-17)33-24(31,32)18-9-11-20(12-10-18)27-26-19-5-3-2-4-6-19/h2-14,22H,15H2,1H3,(H,25,28)(H,29,30)(H,31,32)/b27-26+/t22-/m0/s1. The van der Waals surface area contributed by atoms with E-state index < -0.39 is 32.1 Å². The number of hydrogen-bond donors (Lipinski definition) is 3. The van der Waals surface area contributed by atoms with Gasteiger partial charge < -0.3 is 0 Å². The molecule has 9 nitrogen and oxygen atoms in total. The molecule has 3 rings (SSSR count). The Hall–Kier alpha value is -3.68. The molecule has 0 fully saturated rings. The van der Waals surface area contributed by atoms with Crippen LogP contribution in [0.15, 0.2) is 89.1 Å². The first-order valence-corrected chi connectivity index (χ1v) is 13.2. The molecule has 0 aliphatic carbocycles. The molecule has 33 heavy (non-hydrogen) atoms. The molecule has 0 spiro atoms. The second-order valence-electron chi connectivity index (χ2n) is 7.10. The summed E-state index contributed by atoms with van der Waals surface area (Å²) in [5, 5.41) is 19.8. The van der Waals surface area contributed by atoms with Crippen LogP contribution < -0.4 is 13.4 Å². The molecule has 3 aromatic rings. The van der Waals surface area contributed by atoms with Gasteiger partial charge in [-0.05, 0) is 0 Å². The van der Waals surface area contributed by atoms with Crippen molar-refractivity contribution in [1.29, 1.82) is 0 Å². The summed E-state index contributed by atoms with van der Waals surface area (Å²) in [5.41, 5.74) is 1.84. The minimum absolute atomic E-state index is 0.0655. The molecule has 0 aliphatic rings. The number of azo groups is 1.